The van der Waals surface area contributed by atoms with Crippen LogP contribution in [0.2, 0.25) is 0 Å². The molecule has 1 saturated carbocycles. The first kappa shape index (κ1) is 14.5. The molecular weight excluding hydrogens is 211 g/mol. The SMILES string of the molecule is CC(C)(P)CCCC1CCCCCC1(C)C. The Morgan fingerprint density at radius 3 is 2.50 bits per heavy atom. The van der Waals surface area contributed by atoms with E-state index in [9.17, 15) is 0 Å². The molecule has 96 valence electrons. The Bertz CT molecular complexity index is 200. The first-order valence-corrected chi connectivity index (χ1v) is 7.68. The van der Waals surface area contributed by atoms with Crippen LogP contribution >= 0.6 is 9.24 Å². The molecule has 0 aromatic carbocycles. The Kier molecular flexibility index (Phi) is 5.30. The predicted molar refractivity (Wildman–Crippen MR) is 78.0 cm³/mol. The smallest absolute Gasteiger partial charge is 0.0207 e. The van der Waals surface area contributed by atoms with E-state index in [4.69, 9.17) is 0 Å². The van der Waals surface area contributed by atoms with E-state index >= 15 is 0 Å². The Morgan fingerprint density at radius 2 is 1.88 bits per heavy atom. The first-order chi connectivity index (χ1) is 7.31. The van der Waals surface area contributed by atoms with E-state index in [0.29, 0.717) is 10.6 Å². The minimum atomic E-state index is 0.439. The van der Waals surface area contributed by atoms with Gasteiger partial charge in [-0.3, -0.25) is 0 Å². The lowest BCUT2D eigenvalue weighted by Gasteiger charge is -2.33. The maximum Gasteiger partial charge on any atom is -0.0207 e. The third-order valence-corrected chi connectivity index (χ3v) is 4.64. The molecular formula is C15H31P. The molecule has 1 fully saturated rings. The average Bonchev–Trinajstić information content (AvgIpc) is 2.26. The highest BCUT2D eigenvalue weighted by Crippen LogP contribution is 2.42. The number of rotatable bonds is 4. The van der Waals surface area contributed by atoms with Crippen LogP contribution in [0.3, 0.4) is 0 Å². The van der Waals surface area contributed by atoms with Crippen LogP contribution in [-0.2, 0) is 0 Å². The highest BCUT2D eigenvalue weighted by Gasteiger charge is 2.30. The summed E-state index contributed by atoms with van der Waals surface area (Å²) in [5.74, 6) is 0.974. The molecule has 0 aliphatic heterocycles. The third kappa shape index (κ3) is 5.17. The molecule has 1 heteroatoms. The summed E-state index contributed by atoms with van der Waals surface area (Å²) in [7, 11) is 2.98. The van der Waals surface area contributed by atoms with Crippen LogP contribution in [0.4, 0.5) is 0 Å². The summed E-state index contributed by atoms with van der Waals surface area (Å²) in [6, 6.07) is 0. The van der Waals surface area contributed by atoms with Gasteiger partial charge in [-0.15, -0.1) is 9.24 Å². The maximum atomic E-state index is 2.98. The fraction of sp³-hybridized carbons (Fsp3) is 1.00. The summed E-state index contributed by atoms with van der Waals surface area (Å²) in [6.45, 7) is 9.65. The van der Waals surface area contributed by atoms with Gasteiger partial charge < -0.3 is 0 Å². The predicted octanol–water partition coefficient (Wildman–Crippen LogP) is 5.42. The second-order valence-corrected chi connectivity index (χ2v) is 8.73. The summed E-state index contributed by atoms with van der Waals surface area (Å²) in [4.78, 5) is 0. The standard InChI is InChI=1S/C15H31P/c1-14(2)11-7-5-6-9-13(14)10-8-12-15(3,4)16/h13H,5-12,16H2,1-4H3. The lowest BCUT2D eigenvalue weighted by molar-refractivity contribution is 0.179. The molecule has 0 nitrogen and oxygen atoms in total. The largest absolute Gasteiger partial charge is 0.132 e. The van der Waals surface area contributed by atoms with Gasteiger partial charge in [0.05, 0.1) is 0 Å². The molecule has 0 saturated heterocycles. The number of hydrogen-bond donors (Lipinski definition) is 0. The van der Waals surface area contributed by atoms with Gasteiger partial charge in [-0.05, 0) is 42.2 Å². The zero-order valence-corrected chi connectivity index (χ0v) is 13.0. The summed E-state index contributed by atoms with van der Waals surface area (Å²) >= 11 is 0. The van der Waals surface area contributed by atoms with Crippen LogP contribution in [0.15, 0.2) is 0 Å². The van der Waals surface area contributed by atoms with Gasteiger partial charge in [0.2, 0.25) is 0 Å². The Morgan fingerprint density at radius 1 is 1.19 bits per heavy atom. The monoisotopic (exact) mass is 242 g/mol. The van der Waals surface area contributed by atoms with Crippen molar-refractivity contribution in [3.63, 3.8) is 0 Å². The molecule has 1 aliphatic rings. The third-order valence-electron chi connectivity index (χ3n) is 4.35. The zero-order valence-electron chi connectivity index (χ0n) is 11.8. The molecule has 0 aromatic rings. The minimum absolute atomic E-state index is 0.439. The van der Waals surface area contributed by atoms with Crippen molar-refractivity contribution in [2.45, 2.75) is 84.2 Å². The fourth-order valence-corrected chi connectivity index (χ4v) is 3.29. The van der Waals surface area contributed by atoms with Crippen molar-refractivity contribution >= 4 is 9.24 Å². The van der Waals surface area contributed by atoms with Gasteiger partial charge >= 0.3 is 0 Å². The van der Waals surface area contributed by atoms with E-state index in [1.165, 1.54) is 51.4 Å². The highest BCUT2D eigenvalue weighted by atomic mass is 31.0. The highest BCUT2D eigenvalue weighted by molar-refractivity contribution is 7.18. The van der Waals surface area contributed by atoms with Crippen molar-refractivity contribution in [2.24, 2.45) is 11.3 Å². The van der Waals surface area contributed by atoms with Gasteiger partial charge in [0.25, 0.3) is 0 Å². The lowest BCUT2D eigenvalue weighted by Crippen LogP contribution is -2.23. The second-order valence-electron chi connectivity index (χ2n) is 7.17. The quantitative estimate of drug-likeness (QED) is 0.456. The van der Waals surface area contributed by atoms with Crippen LogP contribution in [0.1, 0.15) is 79.1 Å². The van der Waals surface area contributed by atoms with Crippen LogP contribution in [-0.4, -0.2) is 5.16 Å². The van der Waals surface area contributed by atoms with Crippen LogP contribution in [0.5, 0.6) is 0 Å². The van der Waals surface area contributed by atoms with Gasteiger partial charge in [0.1, 0.15) is 0 Å². The molecule has 0 amide bonds. The molecule has 16 heavy (non-hydrogen) atoms. The van der Waals surface area contributed by atoms with Crippen molar-refractivity contribution in [2.75, 3.05) is 0 Å². The van der Waals surface area contributed by atoms with E-state index in [-0.39, 0.29) is 0 Å². The molecule has 0 radical (unpaired) electrons. The van der Waals surface area contributed by atoms with E-state index < -0.39 is 0 Å². The molecule has 0 bridgehead atoms. The van der Waals surface area contributed by atoms with Crippen LogP contribution < -0.4 is 0 Å². The summed E-state index contributed by atoms with van der Waals surface area (Å²) in [6.07, 6.45) is 11.5. The molecule has 1 aliphatic carbocycles. The minimum Gasteiger partial charge on any atom is -0.132 e. The maximum absolute atomic E-state index is 2.98. The molecule has 0 spiro atoms. The van der Waals surface area contributed by atoms with E-state index in [2.05, 4.69) is 36.9 Å². The van der Waals surface area contributed by atoms with E-state index in [0.717, 1.165) is 5.92 Å². The Labute approximate surface area is 105 Å². The van der Waals surface area contributed by atoms with Gasteiger partial charge in [0, 0.05) is 0 Å². The van der Waals surface area contributed by atoms with Crippen molar-refractivity contribution < 1.29 is 0 Å². The van der Waals surface area contributed by atoms with Crippen molar-refractivity contribution in [1.82, 2.24) is 0 Å². The van der Waals surface area contributed by atoms with Crippen molar-refractivity contribution in [1.29, 1.82) is 0 Å². The first-order valence-electron chi connectivity index (χ1n) is 7.10. The normalized spacial score (nSPS) is 26.4. The average molecular weight is 242 g/mol. The second kappa shape index (κ2) is 5.85. The van der Waals surface area contributed by atoms with Crippen LogP contribution in [0.25, 0.3) is 0 Å². The van der Waals surface area contributed by atoms with Crippen molar-refractivity contribution in [3.05, 3.63) is 0 Å². The van der Waals surface area contributed by atoms with E-state index in [1.807, 2.05) is 0 Å². The summed E-state index contributed by atoms with van der Waals surface area (Å²) < 4.78 is 0. The zero-order chi connectivity index (χ0) is 12.2. The summed E-state index contributed by atoms with van der Waals surface area (Å²) in [5, 5.41) is 0.439. The molecule has 0 N–H and O–H groups in total. The molecule has 0 aromatic heterocycles. The topological polar surface area (TPSA) is 0 Å². The molecule has 2 atom stereocenters. The van der Waals surface area contributed by atoms with Gasteiger partial charge in [-0.2, -0.15) is 0 Å². The lowest BCUT2D eigenvalue weighted by atomic mass is 9.73. The van der Waals surface area contributed by atoms with Gasteiger partial charge in [-0.1, -0.05) is 53.4 Å². The van der Waals surface area contributed by atoms with Gasteiger partial charge in [-0.25, -0.2) is 0 Å². The van der Waals surface area contributed by atoms with Crippen molar-refractivity contribution in [3.8, 4) is 0 Å². The Hall–Kier alpha value is 0.430. The number of hydrogen-bond acceptors (Lipinski definition) is 0. The van der Waals surface area contributed by atoms with E-state index in [1.54, 1.807) is 0 Å². The summed E-state index contributed by atoms with van der Waals surface area (Å²) in [5.41, 5.74) is 0.599. The molecule has 2 unspecified atom stereocenters. The van der Waals surface area contributed by atoms with Gasteiger partial charge in [0.15, 0.2) is 0 Å². The Balaban J connectivity index is 2.38. The van der Waals surface area contributed by atoms with Crippen LogP contribution in [0, 0.1) is 11.3 Å². The molecule has 0 heterocycles. The fourth-order valence-electron chi connectivity index (χ4n) is 3.08. The molecule has 1 rings (SSSR count).